The number of carbonyl (C=O) groups is 1. The highest BCUT2D eigenvalue weighted by atomic mass is 32.1. The third kappa shape index (κ3) is 3.61. The predicted molar refractivity (Wildman–Crippen MR) is 108 cm³/mol. The van der Waals surface area contributed by atoms with Gasteiger partial charge in [-0.1, -0.05) is 0 Å². The van der Waals surface area contributed by atoms with Gasteiger partial charge in [-0.2, -0.15) is 0 Å². The highest BCUT2D eigenvalue weighted by Crippen LogP contribution is 2.32. The van der Waals surface area contributed by atoms with E-state index in [9.17, 15) is 9.18 Å². The van der Waals surface area contributed by atoms with E-state index in [1.54, 1.807) is 36.5 Å². The van der Waals surface area contributed by atoms with Gasteiger partial charge < -0.3 is 14.6 Å². The minimum absolute atomic E-state index is 0.208. The molecule has 0 aliphatic heterocycles. The van der Waals surface area contributed by atoms with Crippen LogP contribution in [0.15, 0.2) is 54.9 Å². The van der Waals surface area contributed by atoms with Gasteiger partial charge in [0.15, 0.2) is 0 Å². The van der Waals surface area contributed by atoms with E-state index in [0.29, 0.717) is 22.9 Å². The van der Waals surface area contributed by atoms with E-state index >= 15 is 0 Å². The highest BCUT2D eigenvalue weighted by Gasteiger charge is 2.16. The molecule has 2 aromatic heterocycles. The van der Waals surface area contributed by atoms with Crippen LogP contribution >= 0.6 is 11.3 Å². The molecule has 5 nitrogen and oxygen atoms in total. The Balaban J connectivity index is 1.45. The second kappa shape index (κ2) is 7.44. The number of imidazole rings is 1. The molecule has 28 heavy (non-hydrogen) atoms. The van der Waals surface area contributed by atoms with Crippen molar-refractivity contribution in [3.8, 4) is 5.75 Å². The number of hydrogen-bond donors (Lipinski definition) is 1. The number of carbonyl (C=O) groups excluding carboxylic acids is 1. The van der Waals surface area contributed by atoms with Crippen molar-refractivity contribution in [3.05, 3.63) is 76.9 Å². The normalized spacial score (nSPS) is 11.0. The maximum atomic E-state index is 13.5. The summed E-state index contributed by atoms with van der Waals surface area (Å²) in [6.07, 6.45) is 3.59. The standard InChI is InChI=1S/C21H18FN3O2S/c1-13-17-11-14(22)3-8-18(17)28-20(13)21(26)24-15-4-6-16(7-5-15)27-12-19-23-9-10-25(19)2/h3-11H,12H2,1-2H3,(H,24,26). The highest BCUT2D eigenvalue weighted by molar-refractivity contribution is 7.21. The molecule has 2 heterocycles. The second-order valence-corrected chi connectivity index (χ2v) is 7.47. The Kier molecular flexibility index (Phi) is 4.83. The van der Waals surface area contributed by atoms with Crippen LogP contribution in [0.5, 0.6) is 5.75 Å². The minimum Gasteiger partial charge on any atom is -0.486 e. The molecule has 0 radical (unpaired) electrons. The number of benzene rings is 2. The first-order valence-corrected chi connectivity index (χ1v) is 9.52. The fourth-order valence-electron chi connectivity index (χ4n) is 2.92. The molecule has 0 spiro atoms. The van der Waals surface area contributed by atoms with Gasteiger partial charge in [0.2, 0.25) is 0 Å². The molecule has 0 atom stereocenters. The summed E-state index contributed by atoms with van der Waals surface area (Å²) in [7, 11) is 1.91. The Labute approximate surface area is 165 Å². The summed E-state index contributed by atoms with van der Waals surface area (Å²) in [4.78, 5) is 17.4. The number of thiophene rings is 1. The fourth-order valence-corrected chi connectivity index (χ4v) is 4.00. The van der Waals surface area contributed by atoms with Gasteiger partial charge in [0.25, 0.3) is 5.91 Å². The van der Waals surface area contributed by atoms with E-state index in [0.717, 1.165) is 21.5 Å². The predicted octanol–water partition coefficient (Wildman–Crippen LogP) is 4.91. The maximum absolute atomic E-state index is 13.5. The van der Waals surface area contributed by atoms with E-state index in [1.807, 2.05) is 24.7 Å². The number of aromatic nitrogens is 2. The van der Waals surface area contributed by atoms with E-state index in [4.69, 9.17) is 4.74 Å². The molecule has 0 unspecified atom stereocenters. The van der Waals surface area contributed by atoms with Gasteiger partial charge in [-0.15, -0.1) is 11.3 Å². The van der Waals surface area contributed by atoms with Crippen LogP contribution in [-0.2, 0) is 13.7 Å². The van der Waals surface area contributed by atoms with Crippen LogP contribution in [0.25, 0.3) is 10.1 Å². The van der Waals surface area contributed by atoms with Crippen LogP contribution < -0.4 is 10.1 Å². The van der Waals surface area contributed by atoms with Crippen LogP contribution in [-0.4, -0.2) is 15.5 Å². The Morgan fingerprint density at radius 1 is 1.25 bits per heavy atom. The van der Waals surface area contributed by atoms with Crippen molar-refractivity contribution in [1.29, 1.82) is 0 Å². The van der Waals surface area contributed by atoms with Crippen molar-refractivity contribution < 1.29 is 13.9 Å². The van der Waals surface area contributed by atoms with Crippen molar-refractivity contribution in [2.45, 2.75) is 13.5 Å². The summed E-state index contributed by atoms with van der Waals surface area (Å²) in [5.74, 6) is 1.01. The third-order valence-electron chi connectivity index (χ3n) is 4.51. The van der Waals surface area contributed by atoms with E-state index in [1.165, 1.54) is 23.5 Å². The maximum Gasteiger partial charge on any atom is 0.266 e. The van der Waals surface area contributed by atoms with Crippen molar-refractivity contribution in [3.63, 3.8) is 0 Å². The topological polar surface area (TPSA) is 56.1 Å². The largest absolute Gasteiger partial charge is 0.486 e. The van der Waals surface area contributed by atoms with Crippen LogP contribution in [0, 0.1) is 12.7 Å². The Hall–Kier alpha value is -3.19. The van der Waals surface area contributed by atoms with Crippen molar-refractivity contribution in [2.24, 2.45) is 7.05 Å². The smallest absolute Gasteiger partial charge is 0.266 e. The van der Waals surface area contributed by atoms with Crippen LogP contribution in [0.3, 0.4) is 0 Å². The first kappa shape index (κ1) is 18.2. The summed E-state index contributed by atoms with van der Waals surface area (Å²) in [6.45, 7) is 2.20. The summed E-state index contributed by atoms with van der Waals surface area (Å²) >= 11 is 1.36. The van der Waals surface area contributed by atoms with E-state index in [2.05, 4.69) is 10.3 Å². The molecule has 7 heteroatoms. The summed E-state index contributed by atoms with van der Waals surface area (Å²) in [6, 6.07) is 11.7. The lowest BCUT2D eigenvalue weighted by Crippen LogP contribution is -2.11. The quantitative estimate of drug-likeness (QED) is 0.522. The lowest BCUT2D eigenvalue weighted by molar-refractivity contribution is 0.103. The van der Waals surface area contributed by atoms with Crippen LogP contribution in [0.4, 0.5) is 10.1 Å². The number of anilines is 1. The average molecular weight is 395 g/mol. The van der Waals surface area contributed by atoms with Gasteiger partial charge in [-0.05, 0) is 60.3 Å². The molecule has 0 saturated carbocycles. The number of halogens is 1. The third-order valence-corrected chi connectivity index (χ3v) is 5.78. The number of nitrogens with zero attached hydrogens (tertiary/aromatic N) is 2. The lowest BCUT2D eigenvalue weighted by Gasteiger charge is -2.08. The second-order valence-electron chi connectivity index (χ2n) is 6.42. The van der Waals surface area contributed by atoms with Gasteiger partial charge in [0.05, 0.1) is 4.88 Å². The molecular formula is C21H18FN3O2S. The van der Waals surface area contributed by atoms with Crippen molar-refractivity contribution in [2.75, 3.05) is 5.32 Å². The molecule has 2 aromatic carbocycles. The van der Waals surface area contributed by atoms with E-state index in [-0.39, 0.29) is 11.7 Å². The molecule has 0 saturated heterocycles. The molecule has 4 rings (SSSR count). The van der Waals surface area contributed by atoms with Gasteiger partial charge in [-0.3, -0.25) is 4.79 Å². The molecule has 0 aliphatic carbocycles. The summed E-state index contributed by atoms with van der Waals surface area (Å²) < 4.78 is 22.0. The molecule has 1 N–H and O–H groups in total. The van der Waals surface area contributed by atoms with Crippen molar-refractivity contribution in [1.82, 2.24) is 9.55 Å². The number of aryl methyl sites for hydroxylation is 2. The molecule has 142 valence electrons. The average Bonchev–Trinajstić information content (AvgIpc) is 3.24. The molecule has 0 aliphatic rings. The monoisotopic (exact) mass is 395 g/mol. The number of amides is 1. The molecule has 1 amide bonds. The molecular weight excluding hydrogens is 377 g/mol. The number of fused-ring (bicyclic) bond motifs is 1. The van der Waals surface area contributed by atoms with Gasteiger partial charge >= 0.3 is 0 Å². The Bertz CT molecular complexity index is 1150. The zero-order valence-corrected chi connectivity index (χ0v) is 16.2. The molecule has 0 fully saturated rings. The molecule has 0 bridgehead atoms. The Morgan fingerprint density at radius 2 is 2.04 bits per heavy atom. The number of hydrogen-bond acceptors (Lipinski definition) is 4. The first-order valence-electron chi connectivity index (χ1n) is 8.70. The zero-order valence-electron chi connectivity index (χ0n) is 15.4. The molecule has 4 aromatic rings. The van der Waals surface area contributed by atoms with Gasteiger partial charge in [0.1, 0.15) is 24.0 Å². The zero-order chi connectivity index (χ0) is 19.7. The lowest BCUT2D eigenvalue weighted by atomic mass is 10.1. The number of nitrogens with one attached hydrogen (secondary N) is 1. The van der Waals surface area contributed by atoms with Crippen LogP contribution in [0.2, 0.25) is 0 Å². The number of ether oxygens (including phenoxy) is 1. The SMILES string of the molecule is Cc1c(C(=O)Nc2ccc(OCc3nccn3C)cc2)sc2ccc(F)cc12. The van der Waals surface area contributed by atoms with E-state index < -0.39 is 0 Å². The van der Waals surface area contributed by atoms with Crippen LogP contribution in [0.1, 0.15) is 21.1 Å². The van der Waals surface area contributed by atoms with Gasteiger partial charge in [-0.25, -0.2) is 9.37 Å². The van der Waals surface area contributed by atoms with Crippen molar-refractivity contribution >= 4 is 33.0 Å². The Morgan fingerprint density at radius 3 is 2.75 bits per heavy atom. The summed E-state index contributed by atoms with van der Waals surface area (Å²) in [5, 5.41) is 3.66. The summed E-state index contributed by atoms with van der Waals surface area (Å²) in [5.41, 5.74) is 1.45. The van der Waals surface area contributed by atoms with Gasteiger partial charge in [0, 0.05) is 29.8 Å². The minimum atomic E-state index is -0.304. The fraction of sp³-hybridized carbons (Fsp3) is 0.143. The number of rotatable bonds is 5. The first-order chi connectivity index (χ1) is 13.5.